The fourth-order valence-electron chi connectivity index (χ4n) is 0.913. The van der Waals surface area contributed by atoms with E-state index in [0.717, 1.165) is 0 Å². The van der Waals surface area contributed by atoms with Crippen LogP contribution in [0.3, 0.4) is 0 Å². The van der Waals surface area contributed by atoms with Crippen molar-refractivity contribution >= 4 is 12.2 Å². The molecule has 5 nitrogen and oxygen atoms in total. The molecule has 0 unspecified atom stereocenters. The lowest BCUT2D eigenvalue weighted by molar-refractivity contribution is -0.110. The molecule has 14 heavy (non-hydrogen) atoms. The molecule has 1 rings (SSSR count). The number of hydrogen-bond donors (Lipinski definition) is 1. The molecular weight excluding hydrogens is 184 g/mol. The third-order valence-electron chi connectivity index (χ3n) is 1.83. The van der Waals surface area contributed by atoms with E-state index in [2.05, 4.69) is 15.0 Å². The second-order valence-electron chi connectivity index (χ2n) is 3.26. The van der Waals surface area contributed by atoms with Gasteiger partial charge in [-0.3, -0.25) is 4.79 Å². The molecule has 76 valence electrons. The number of rotatable bonds is 4. The first kappa shape index (κ1) is 10.4. The van der Waals surface area contributed by atoms with Gasteiger partial charge in [-0.2, -0.15) is 0 Å². The van der Waals surface area contributed by atoms with Gasteiger partial charge in [0.05, 0.1) is 6.04 Å². The maximum atomic E-state index is 11.4. The molecule has 0 saturated carbocycles. The molecule has 0 aromatic carbocycles. The minimum absolute atomic E-state index is 0.0587. The van der Waals surface area contributed by atoms with Crippen molar-refractivity contribution in [3.8, 4) is 0 Å². The van der Waals surface area contributed by atoms with E-state index in [1.165, 1.54) is 12.3 Å². The smallest absolute Gasteiger partial charge is 0.274 e. The Morgan fingerprint density at radius 3 is 2.79 bits per heavy atom. The Kier molecular flexibility index (Phi) is 3.39. The highest BCUT2D eigenvalue weighted by molar-refractivity contribution is 5.93. The molecule has 0 fully saturated rings. The zero-order valence-electron chi connectivity index (χ0n) is 8.06. The molecule has 0 aliphatic carbocycles. The molecule has 1 aromatic rings. The number of carbonyl (C=O) groups excluding carboxylic acids is 2. The van der Waals surface area contributed by atoms with Crippen molar-refractivity contribution < 1.29 is 14.1 Å². The lowest BCUT2D eigenvalue weighted by Crippen LogP contribution is -2.39. The highest BCUT2D eigenvalue weighted by atomic mass is 16.5. The number of amides is 1. The van der Waals surface area contributed by atoms with E-state index in [-0.39, 0.29) is 11.6 Å². The number of hydrogen-bond acceptors (Lipinski definition) is 4. The summed E-state index contributed by atoms with van der Waals surface area (Å²) < 4.78 is 4.51. The van der Waals surface area contributed by atoms with Crippen LogP contribution in [-0.4, -0.2) is 23.4 Å². The molecular formula is C9H12N2O3. The summed E-state index contributed by atoms with van der Waals surface area (Å²) in [5, 5.41) is 6.00. The Bertz CT molecular complexity index is 306. The lowest BCUT2D eigenvalue weighted by Gasteiger charge is -2.14. The standard InChI is InChI=1S/C9H12N2O3/c1-6(2)8(5-12)10-9(13)7-3-4-14-11-7/h3-6,8H,1-2H3,(H,10,13)/t8-/m1/s1. The van der Waals surface area contributed by atoms with Crippen molar-refractivity contribution in [3.05, 3.63) is 18.0 Å². The average Bonchev–Trinajstić information content (AvgIpc) is 2.65. The second kappa shape index (κ2) is 4.55. The van der Waals surface area contributed by atoms with E-state index in [1.54, 1.807) is 0 Å². The molecule has 0 bridgehead atoms. The number of carbonyl (C=O) groups is 2. The summed E-state index contributed by atoms with van der Waals surface area (Å²) in [5.74, 6) is -0.340. The van der Waals surface area contributed by atoms with Crippen molar-refractivity contribution in [2.75, 3.05) is 0 Å². The summed E-state index contributed by atoms with van der Waals surface area (Å²) in [4.78, 5) is 22.0. The van der Waals surface area contributed by atoms with E-state index in [0.29, 0.717) is 6.29 Å². The van der Waals surface area contributed by atoms with Crippen LogP contribution in [0.25, 0.3) is 0 Å². The van der Waals surface area contributed by atoms with Crippen LogP contribution in [0, 0.1) is 5.92 Å². The van der Waals surface area contributed by atoms with Gasteiger partial charge < -0.3 is 14.6 Å². The Labute approximate surface area is 81.5 Å². The van der Waals surface area contributed by atoms with Gasteiger partial charge in [-0.15, -0.1) is 0 Å². The van der Waals surface area contributed by atoms with E-state index in [1.807, 2.05) is 13.8 Å². The molecule has 0 aliphatic heterocycles. The van der Waals surface area contributed by atoms with Crippen molar-refractivity contribution in [1.29, 1.82) is 0 Å². The van der Waals surface area contributed by atoms with Crippen LogP contribution in [0.5, 0.6) is 0 Å². The van der Waals surface area contributed by atoms with Crippen LogP contribution < -0.4 is 5.32 Å². The Morgan fingerprint density at radius 1 is 1.64 bits per heavy atom. The van der Waals surface area contributed by atoms with Gasteiger partial charge in [-0.05, 0) is 5.92 Å². The molecule has 0 spiro atoms. The molecule has 0 saturated heterocycles. The fourth-order valence-corrected chi connectivity index (χ4v) is 0.913. The zero-order chi connectivity index (χ0) is 10.6. The Morgan fingerprint density at radius 2 is 2.36 bits per heavy atom. The third kappa shape index (κ3) is 2.42. The van der Waals surface area contributed by atoms with Gasteiger partial charge in [0.1, 0.15) is 12.5 Å². The molecule has 0 aliphatic rings. The van der Waals surface area contributed by atoms with E-state index in [9.17, 15) is 9.59 Å². The van der Waals surface area contributed by atoms with Crippen LogP contribution in [0.2, 0.25) is 0 Å². The number of aromatic nitrogens is 1. The van der Waals surface area contributed by atoms with Gasteiger partial charge in [-0.25, -0.2) is 0 Å². The normalized spacial score (nSPS) is 12.5. The van der Waals surface area contributed by atoms with Crippen LogP contribution in [0.1, 0.15) is 24.3 Å². The molecule has 1 N–H and O–H groups in total. The second-order valence-corrected chi connectivity index (χ2v) is 3.26. The first-order chi connectivity index (χ1) is 6.65. The first-order valence-corrected chi connectivity index (χ1v) is 4.31. The van der Waals surface area contributed by atoms with Crippen molar-refractivity contribution in [3.63, 3.8) is 0 Å². The van der Waals surface area contributed by atoms with Gasteiger partial charge in [0.15, 0.2) is 5.69 Å². The summed E-state index contributed by atoms with van der Waals surface area (Å²) in [7, 11) is 0. The summed E-state index contributed by atoms with van der Waals surface area (Å²) in [6.07, 6.45) is 2.02. The maximum Gasteiger partial charge on any atom is 0.274 e. The van der Waals surface area contributed by atoms with Crippen molar-refractivity contribution in [2.45, 2.75) is 19.9 Å². The maximum absolute atomic E-state index is 11.4. The highest BCUT2D eigenvalue weighted by Gasteiger charge is 2.17. The van der Waals surface area contributed by atoms with Crippen LogP contribution >= 0.6 is 0 Å². The number of aldehydes is 1. The van der Waals surface area contributed by atoms with Crippen molar-refractivity contribution in [1.82, 2.24) is 10.5 Å². The minimum Gasteiger partial charge on any atom is -0.364 e. The van der Waals surface area contributed by atoms with E-state index < -0.39 is 11.9 Å². The summed E-state index contributed by atoms with van der Waals surface area (Å²) >= 11 is 0. The highest BCUT2D eigenvalue weighted by Crippen LogP contribution is 2.01. The summed E-state index contributed by atoms with van der Waals surface area (Å²) in [5.41, 5.74) is 0.178. The third-order valence-corrected chi connectivity index (χ3v) is 1.83. The average molecular weight is 196 g/mol. The number of nitrogens with zero attached hydrogens (tertiary/aromatic N) is 1. The summed E-state index contributed by atoms with van der Waals surface area (Å²) in [6.45, 7) is 3.70. The molecule has 1 amide bonds. The first-order valence-electron chi connectivity index (χ1n) is 4.31. The Balaban J connectivity index is 2.60. The molecule has 0 radical (unpaired) electrons. The van der Waals surface area contributed by atoms with E-state index in [4.69, 9.17) is 0 Å². The van der Waals surface area contributed by atoms with Crippen LogP contribution in [-0.2, 0) is 4.79 Å². The largest absolute Gasteiger partial charge is 0.364 e. The summed E-state index contributed by atoms with van der Waals surface area (Å²) in [6, 6.07) is 0.955. The van der Waals surface area contributed by atoms with Crippen molar-refractivity contribution in [2.24, 2.45) is 5.92 Å². The zero-order valence-corrected chi connectivity index (χ0v) is 8.06. The SMILES string of the molecule is CC(C)[C@@H](C=O)NC(=O)c1ccon1. The predicted molar refractivity (Wildman–Crippen MR) is 48.7 cm³/mol. The van der Waals surface area contributed by atoms with Crippen LogP contribution in [0.15, 0.2) is 16.9 Å². The van der Waals surface area contributed by atoms with Gasteiger partial charge in [-0.1, -0.05) is 19.0 Å². The molecule has 1 aromatic heterocycles. The lowest BCUT2D eigenvalue weighted by atomic mass is 10.1. The van der Waals surface area contributed by atoms with E-state index >= 15 is 0 Å². The van der Waals surface area contributed by atoms with Gasteiger partial charge >= 0.3 is 0 Å². The van der Waals surface area contributed by atoms with Gasteiger partial charge in [0.2, 0.25) is 0 Å². The van der Waals surface area contributed by atoms with Gasteiger partial charge in [0, 0.05) is 6.07 Å². The topological polar surface area (TPSA) is 72.2 Å². The van der Waals surface area contributed by atoms with Gasteiger partial charge in [0.25, 0.3) is 5.91 Å². The quantitative estimate of drug-likeness (QED) is 0.717. The Hall–Kier alpha value is -1.65. The molecule has 1 atom stereocenters. The minimum atomic E-state index is -0.487. The molecule has 5 heteroatoms. The monoisotopic (exact) mass is 196 g/mol. The fraction of sp³-hybridized carbons (Fsp3) is 0.444. The number of nitrogens with one attached hydrogen (secondary N) is 1. The van der Waals surface area contributed by atoms with Crippen LogP contribution in [0.4, 0.5) is 0 Å². The predicted octanol–water partition coefficient (Wildman–Crippen LogP) is 0.628. The molecule has 1 heterocycles.